The molecule has 1 fully saturated rings. The van der Waals surface area contributed by atoms with Crippen molar-refractivity contribution >= 4 is 15.9 Å². The summed E-state index contributed by atoms with van der Waals surface area (Å²) in [6.07, 6.45) is 3.45. The van der Waals surface area contributed by atoms with Gasteiger partial charge < -0.3 is 15.6 Å². The van der Waals surface area contributed by atoms with Gasteiger partial charge in [0.25, 0.3) is 0 Å². The Hall–Kier alpha value is -0.740. The number of nitrogens with two attached hydrogens (primary N) is 1. The molecule has 0 atom stereocenters. The number of methoxy groups -OCH3 is 1. The number of hydrogen-bond acceptors (Lipinski definition) is 3. The first kappa shape index (κ1) is 11.7. The van der Waals surface area contributed by atoms with Crippen molar-refractivity contribution in [3.63, 3.8) is 0 Å². The van der Waals surface area contributed by atoms with E-state index in [0.717, 1.165) is 18.4 Å². The lowest BCUT2D eigenvalue weighted by atomic mass is 9.64. The molecule has 1 aliphatic rings. The Balaban J connectivity index is 2.45. The van der Waals surface area contributed by atoms with E-state index >= 15 is 0 Å². The molecule has 0 radical (unpaired) electrons. The summed E-state index contributed by atoms with van der Waals surface area (Å²) in [4.78, 5) is 0. The van der Waals surface area contributed by atoms with Crippen molar-refractivity contribution in [3.05, 3.63) is 22.2 Å². The molecule has 0 amide bonds. The highest BCUT2D eigenvalue weighted by Gasteiger charge is 2.38. The number of halogens is 1. The van der Waals surface area contributed by atoms with Gasteiger partial charge in [-0.1, -0.05) is 6.42 Å². The molecule has 0 heterocycles. The zero-order chi connectivity index (χ0) is 11.8. The largest absolute Gasteiger partial charge is 0.503 e. The van der Waals surface area contributed by atoms with Crippen LogP contribution >= 0.6 is 15.9 Å². The summed E-state index contributed by atoms with van der Waals surface area (Å²) in [6.45, 7) is 0.646. The van der Waals surface area contributed by atoms with Gasteiger partial charge in [-0.15, -0.1) is 0 Å². The highest BCUT2D eigenvalue weighted by atomic mass is 79.9. The quantitative estimate of drug-likeness (QED) is 0.897. The number of benzene rings is 1. The molecule has 3 N–H and O–H groups in total. The summed E-state index contributed by atoms with van der Waals surface area (Å²) >= 11 is 3.34. The van der Waals surface area contributed by atoms with Crippen LogP contribution in [0.3, 0.4) is 0 Å². The monoisotopic (exact) mass is 285 g/mol. The van der Waals surface area contributed by atoms with Crippen LogP contribution in [-0.2, 0) is 5.41 Å². The van der Waals surface area contributed by atoms with E-state index in [9.17, 15) is 5.11 Å². The summed E-state index contributed by atoms with van der Waals surface area (Å²) in [6, 6.07) is 3.84. The van der Waals surface area contributed by atoms with Crippen LogP contribution in [-0.4, -0.2) is 18.8 Å². The molecule has 16 heavy (non-hydrogen) atoms. The molecule has 1 aliphatic carbocycles. The lowest BCUT2D eigenvalue weighted by Crippen LogP contribution is -2.41. The number of rotatable bonds is 3. The number of aromatic hydroxyl groups is 1. The molecular formula is C12H16BrNO2. The first-order valence-corrected chi connectivity index (χ1v) is 6.19. The number of phenols is 1. The summed E-state index contributed by atoms with van der Waals surface area (Å²) in [7, 11) is 1.56. The van der Waals surface area contributed by atoms with Crippen molar-refractivity contribution in [1.82, 2.24) is 0 Å². The van der Waals surface area contributed by atoms with Crippen LogP contribution in [0, 0.1) is 0 Å². The fourth-order valence-corrected chi connectivity index (χ4v) is 2.69. The van der Waals surface area contributed by atoms with Crippen LogP contribution in [0.15, 0.2) is 16.6 Å². The second-order valence-electron chi connectivity index (χ2n) is 4.35. The maximum Gasteiger partial charge on any atom is 0.172 e. The Morgan fingerprint density at radius 1 is 1.50 bits per heavy atom. The summed E-state index contributed by atoms with van der Waals surface area (Å²) in [5.74, 6) is 0.654. The molecule has 1 aromatic rings. The SMILES string of the molecule is COc1cc(C2(CN)CCC2)cc(Br)c1O. The van der Waals surface area contributed by atoms with E-state index in [1.807, 2.05) is 12.1 Å². The van der Waals surface area contributed by atoms with Crippen molar-refractivity contribution in [3.8, 4) is 11.5 Å². The van der Waals surface area contributed by atoms with Gasteiger partial charge in [-0.2, -0.15) is 0 Å². The van der Waals surface area contributed by atoms with Crippen LogP contribution in [0.4, 0.5) is 0 Å². The Morgan fingerprint density at radius 2 is 2.19 bits per heavy atom. The molecule has 0 spiro atoms. The number of hydrogen-bond donors (Lipinski definition) is 2. The minimum atomic E-state index is 0.0868. The summed E-state index contributed by atoms with van der Waals surface area (Å²) in [5.41, 5.74) is 7.10. The van der Waals surface area contributed by atoms with Crippen LogP contribution in [0.25, 0.3) is 0 Å². The van der Waals surface area contributed by atoms with Gasteiger partial charge in [0.1, 0.15) is 0 Å². The lowest BCUT2D eigenvalue weighted by Gasteiger charge is -2.41. The predicted octanol–water partition coefficient (Wildman–Crippen LogP) is 2.54. The molecule has 0 bridgehead atoms. The van der Waals surface area contributed by atoms with E-state index in [-0.39, 0.29) is 11.2 Å². The normalized spacial score (nSPS) is 17.9. The topological polar surface area (TPSA) is 55.5 Å². The van der Waals surface area contributed by atoms with Crippen molar-refractivity contribution in [2.45, 2.75) is 24.7 Å². The minimum absolute atomic E-state index is 0.0868. The number of phenolic OH excluding ortho intramolecular Hbond substituents is 1. The minimum Gasteiger partial charge on any atom is -0.503 e. The molecule has 3 nitrogen and oxygen atoms in total. The fourth-order valence-electron chi connectivity index (χ4n) is 2.25. The van der Waals surface area contributed by atoms with Crippen LogP contribution in [0.1, 0.15) is 24.8 Å². The van der Waals surface area contributed by atoms with E-state index in [0.29, 0.717) is 16.8 Å². The van der Waals surface area contributed by atoms with Gasteiger partial charge in [-0.05, 0) is 46.5 Å². The fraction of sp³-hybridized carbons (Fsp3) is 0.500. The average molecular weight is 286 g/mol. The zero-order valence-corrected chi connectivity index (χ0v) is 10.9. The van der Waals surface area contributed by atoms with Gasteiger partial charge in [0.2, 0.25) is 0 Å². The maximum absolute atomic E-state index is 9.75. The van der Waals surface area contributed by atoms with Gasteiger partial charge in [-0.3, -0.25) is 0 Å². The second kappa shape index (κ2) is 4.26. The first-order valence-electron chi connectivity index (χ1n) is 5.40. The van der Waals surface area contributed by atoms with Gasteiger partial charge in [0.05, 0.1) is 11.6 Å². The Bertz CT molecular complexity index is 397. The third-order valence-electron chi connectivity index (χ3n) is 3.56. The predicted molar refractivity (Wildman–Crippen MR) is 66.9 cm³/mol. The molecular weight excluding hydrogens is 270 g/mol. The van der Waals surface area contributed by atoms with Crippen LogP contribution in [0.2, 0.25) is 0 Å². The van der Waals surface area contributed by atoms with Crippen molar-refractivity contribution < 1.29 is 9.84 Å². The van der Waals surface area contributed by atoms with Crippen LogP contribution < -0.4 is 10.5 Å². The Labute approximate surface area is 104 Å². The van der Waals surface area contributed by atoms with E-state index in [1.165, 1.54) is 6.42 Å². The molecule has 88 valence electrons. The van der Waals surface area contributed by atoms with Crippen LogP contribution in [0.5, 0.6) is 11.5 Å². The lowest BCUT2D eigenvalue weighted by molar-refractivity contribution is 0.251. The molecule has 2 rings (SSSR count). The highest BCUT2D eigenvalue weighted by molar-refractivity contribution is 9.10. The van der Waals surface area contributed by atoms with Gasteiger partial charge in [-0.25, -0.2) is 0 Å². The maximum atomic E-state index is 9.75. The molecule has 4 heteroatoms. The van der Waals surface area contributed by atoms with Gasteiger partial charge in [0, 0.05) is 12.0 Å². The molecule has 0 unspecified atom stereocenters. The average Bonchev–Trinajstić information content (AvgIpc) is 2.22. The van der Waals surface area contributed by atoms with Crippen molar-refractivity contribution in [2.24, 2.45) is 5.73 Å². The summed E-state index contributed by atoms with van der Waals surface area (Å²) < 4.78 is 5.82. The Kier molecular flexibility index (Phi) is 3.13. The highest BCUT2D eigenvalue weighted by Crippen LogP contribution is 2.46. The second-order valence-corrected chi connectivity index (χ2v) is 5.20. The summed E-state index contributed by atoms with van der Waals surface area (Å²) in [5, 5.41) is 9.75. The standard InChI is InChI=1S/C12H16BrNO2/c1-16-10-6-8(5-9(13)11(10)15)12(7-14)3-2-4-12/h5-6,15H,2-4,7,14H2,1H3. The number of ether oxygens (including phenoxy) is 1. The smallest absolute Gasteiger partial charge is 0.172 e. The molecule has 1 aromatic carbocycles. The van der Waals surface area contributed by atoms with Gasteiger partial charge in [0.15, 0.2) is 11.5 Å². The van der Waals surface area contributed by atoms with E-state index in [1.54, 1.807) is 7.11 Å². The van der Waals surface area contributed by atoms with E-state index in [2.05, 4.69) is 15.9 Å². The molecule has 0 aliphatic heterocycles. The zero-order valence-electron chi connectivity index (χ0n) is 9.29. The van der Waals surface area contributed by atoms with E-state index in [4.69, 9.17) is 10.5 Å². The van der Waals surface area contributed by atoms with Gasteiger partial charge >= 0.3 is 0 Å². The third-order valence-corrected chi connectivity index (χ3v) is 4.17. The molecule has 0 aromatic heterocycles. The molecule has 1 saturated carbocycles. The Morgan fingerprint density at radius 3 is 2.62 bits per heavy atom. The van der Waals surface area contributed by atoms with E-state index < -0.39 is 0 Å². The third kappa shape index (κ3) is 1.70. The molecule has 0 saturated heterocycles. The van der Waals surface area contributed by atoms with Crippen molar-refractivity contribution in [1.29, 1.82) is 0 Å². The first-order chi connectivity index (χ1) is 7.63. The van der Waals surface area contributed by atoms with Crippen molar-refractivity contribution in [2.75, 3.05) is 13.7 Å².